The maximum Gasteiger partial charge on any atom is 0.255 e. The second kappa shape index (κ2) is 10.0. The molecule has 0 aliphatic carbocycles. The number of benzene rings is 3. The molecule has 0 atom stereocenters. The first-order valence-corrected chi connectivity index (χ1v) is 14.8. The number of sulfonamides is 1. The molecule has 212 valence electrons. The van der Waals surface area contributed by atoms with Crippen molar-refractivity contribution in [3.05, 3.63) is 90.4 Å². The third kappa shape index (κ3) is 4.63. The van der Waals surface area contributed by atoms with Gasteiger partial charge in [0.1, 0.15) is 23.0 Å². The number of amides is 1. The van der Waals surface area contributed by atoms with E-state index in [4.69, 9.17) is 10.2 Å². The lowest BCUT2D eigenvalue weighted by Gasteiger charge is -2.21. The van der Waals surface area contributed by atoms with Crippen LogP contribution in [0.1, 0.15) is 10.4 Å². The van der Waals surface area contributed by atoms with E-state index < -0.39 is 21.7 Å². The molecule has 0 radical (unpaired) electrons. The van der Waals surface area contributed by atoms with Crippen LogP contribution in [0.15, 0.2) is 83.4 Å². The number of anilines is 2. The molecule has 0 fully saturated rings. The minimum atomic E-state index is -3.73. The van der Waals surface area contributed by atoms with E-state index in [2.05, 4.69) is 15.3 Å². The number of pyridine rings is 1. The third-order valence-electron chi connectivity index (χ3n) is 7.25. The van der Waals surface area contributed by atoms with Crippen LogP contribution in [0.3, 0.4) is 0 Å². The van der Waals surface area contributed by atoms with Crippen LogP contribution in [0.5, 0.6) is 0 Å². The van der Waals surface area contributed by atoms with E-state index in [9.17, 15) is 17.6 Å². The van der Waals surface area contributed by atoms with E-state index in [1.165, 1.54) is 38.4 Å². The molecule has 3 aromatic carbocycles. The quantitative estimate of drug-likeness (QED) is 0.227. The van der Waals surface area contributed by atoms with Crippen molar-refractivity contribution < 1.29 is 22.0 Å². The number of H-pyrrole nitrogens is 1. The molecular weight excluding hydrogens is 557 g/mol. The lowest BCUT2D eigenvalue weighted by atomic mass is 9.97. The summed E-state index contributed by atoms with van der Waals surface area (Å²) in [4.78, 5) is 21.0. The highest BCUT2D eigenvalue weighted by Crippen LogP contribution is 2.43. The summed E-state index contributed by atoms with van der Waals surface area (Å²) in [5, 5.41) is 4.08. The van der Waals surface area contributed by atoms with Crippen molar-refractivity contribution in [2.75, 3.05) is 30.4 Å². The Morgan fingerprint density at radius 3 is 2.45 bits per heavy atom. The molecule has 3 aromatic heterocycles. The fourth-order valence-electron chi connectivity index (χ4n) is 5.01. The Balaban J connectivity index is 1.64. The Bertz CT molecular complexity index is 2080. The number of nitrogens with two attached hydrogens (primary N) is 1. The molecule has 4 N–H and O–H groups in total. The van der Waals surface area contributed by atoms with Crippen LogP contribution >= 0.6 is 0 Å². The summed E-state index contributed by atoms with van der Waals surface area (Å²) in [7, 11) is -0.806. The summed E-state index contributed by atoms with van der Waals surface area (Å²) < 4.78 is 46.4. The van der Waals surface area contributed by atoms with E-state index in [-0.39, 0.29) is 28.4 Å². The number of nitrogens with one attached hydrogen (secondary N) is 2. The minimum absolute atomic E-state index is 0.168. The van der Waals surface area contributed by atoms with Gasteiger partial charge in [0, 0.05) is 70.6 Å². The Hall–Kier alpha value is -5.16. The largest absolute Gasteiger partial charge is 0.455 e. The summed E-state index contributed by atoms with van der Waals surface area (Å²) in [6.07, 6.45) is 2.73. The highest BCUT2D eigenvalue weighted by atomic mass is 32.2. The van der Waals surface area contributed by atoms with Gasteiger partial charge in [0.25, 0.3) is 5.91 Å². The van der Waals surface area contributed by atoms with Gasteiger partial charge in [-0.15, -0.1) is 0 Å². The van der Waals surface area contributed by atoms with Crippen LogP contribution in [0, 0.1) is 5.82 Å². The average Bonchev–Trinajstić information content (AvgIpc) is 3.57. The zero-order valence-electron chi connectivity index (χ0n) is 22.9. The molecule has 0 saturated carbocycles. The van der Waals surface area contributed by atoms with Crippen LogP contribution in [0.25, 0.3) is 55.6 Å². The Morgan fingerprint density at radius 2 is 1.76 bits per heavy atom. The van der Waals surface area contributed by atoms with Gasteiger partial charge in [-0.1, -0.05) is 18.2 Å². The number of aromatic amines is 1. The average molecular weight is 584 g/mol. The number of halogens is 1. The zero-order chi connectivity index (χ0) is 29.8. The van der Waals surface area contributed by atoms with Crippen LogP contribution in [-0.2, 0) is 10.0 Å². The van der Waals surface area contributed by atoms with E-state index in [1.54, 1.807) is 18.3 Å². The first-order valence-electron chi connectivity index (χ1n) is 12.9. The van der Waals surface area contributed by atoms with Crippen molar-refractivity contribution in [3.8, 4) is 33.7 Å². The molecule has 0 spiro atoms. The SMILES string of the molecule is CNC(=O)c1c(-c2ccc(F)cc2)oc2cc(N(C)S(C)(=O)=O)c(-c3cc(-c4cc5ccccc5[nH]4)cnc3N)cc12. The number of furan rings is 1. The molecule has 0 aliphatic heterocycles. The van der Waals surface area contributed by atoms with Gasteiger partial charge in [0.15, 0.2) is 0 Å². The Labute approximate surface area is 240 Å². The number of hydrogen-bond donors (Lipinski definition) is 3. The maximum absolute atomic E-state index is 13.7. The van der Waals surface area contributed by atoms with Gasteiger partial charge in [-0.05, 0) is 48.5 Å². The van der Waals surface area contributed by atoms with Crippen molar-refractivity contribution in [2.24, 2.45) is 0 Å². The predicted octanol–water partition coefficient (Wildman–Crippen LogP) is 5.79. The summed E-state index contributed by atoms with van der Waals surface area (Å²) in [6.45, 7) is 0. The number of fused-ring (bicyclic) bond motifs is 2. The summed E-state index contributed by atoms with van der Waals surface area (Å²) >= 11 is 0. The second-order valence-corrected chi connectivity index (χ2v) is 11.9. The van der Waals surface area contributed by atoms with Gasteiger partial charge < -0.3 is 20.5 Å². The second-order valence-electron chi connectivity index (χ2n) is 9.92. The van der Waals surface area contributed by atoms with E-state index in [0.29, 0.717) is 22.1 Å². The van der Waals surface area contributed by atoms with Crippen LogP contribution in [0.2, 0.25) is 0 Å². The van der Waals surface area contributed by atoms with Gasteiger partial charge in [0.2, 0.25) is 10.0 Å². The Morgan fingerprint density at radius 1 is 1.02 bits per heavy atom. The highest BCUT2D eigenvalue weighted by molar-refractivity contribution is 7.92. The van der Waals surface area contributed by atoms with Crippen molar-refractivity contribution in [1.29, 1.82) is 0 Å². The lowest BCUT2D eigenvalue weighted by molar-refractivity contribution is 0.0964. The molecule has 0 unspecified atom stereocenters. The molecule has 3 heterocycles. The van der Waals surface area contributed by atoms with Gasteiger partial charge in [-0.2, -0.15) is 0 Å². The van der Waals surface area contributed by atoms with E-state index in [1.807, 2.05) is 36.4 Å². The van der Waals surface area contributed by atoms with E-state index in [0.717, 1.165) is 32.7 Å². The molecule has 42 heavy (non-hydrogen) atoms. The number of rotatable bonds is 6. The number of carbonyl (C=O) groups excluding carboxylic acids is 1. The first kappa shape index (κ1) is 27.0. The zero-order valence-corrected chi connectivity index (χ0v) is 23.7. The molecule has 1 amide bonds. The number of para-hydroxylation sites is 1. The maximum atomic E-state index is 13.7. The normalized spacial score (nSPS) is 11.7. The Kier molecular flexibility index (Phi) is 6.46. The third-order valence-corrected chi connectivity index (χ3v) is 8.44. The number of hydrogen-bond acceptors (Lipinski definition) is 6. The monoisotopic (exact) mass is 583 g/mol. The van der Waals surface area contributed by atoms with Gasteiger partial charge in [-0.3, -0.25) is 9.10 Å². The lowest BCUT2D eigenvalue weighted by Crippen LogP contribution is -2.25. The molecular formula is C31H26FN5O4S. The molecule has 0 aliphatic rings. The predicted molar refractivity (Wildman–Crippen MR) is 163 cm³/mol. The smallest absolute Gasteiger partial charge is 0.255 e. The van der Waals surface area contributed by atoms with Crippen molar-refractivity contribution in [2.45, 2.75) is 0 Å². The standard InChI is InChI=1S/C31H26FN5O4S/c1-34-31(38)28-23-14-21(22-12-19(16-35-30(22)33)25-13-18-6-4-5-7-24(18)36-25)26(37(2)42(3,39)40)15-27(23)41-29(28)17-8-10-20(32)11-9-17/h4-16,36H,1-3H3,(H2,33,35)(H,34,38). The minimum Gasteiger partial charge on any atom is -0.455 e. The molecule has 9 nitrogen and oxygen atoms in total. The fourth-order valence-corrected chi connectivity index (χ4v) is 5.52. The number of nitrogens with zero attached hydrogens (tertiary/aromatic N) is 2. The summed E-state index contributed by atoms with van der Waals surface area (Å²) in [5.74, 6) is -0.483. The molecule has 0 bridgehead atoms. The van der Waals surface area contributed by atoms with Gasteiger partial charge in [-0.25, -0.2) is 17.8 Å². The molecule has 0 saturated heterocycles. The number of nitrogen functional groups attached to an aromatic ring is 1. The fraction of sp³-hybridized carbons (Fsp3) is 0.0968. The number of aromatic nitrogens is 2. The van der Waals surface area contributed by atoms with Crippen molar-refractivity contribution in [3.63, 3.8) is 0 Å². The van der Waals surface area contributed by atoms with Gasteiger partial charge in [0.05, 0.1) is 17.5 Å². The van der Waals surface area contributed by atoms with Crippen LogP contribution in [0.4, 0.5) is 15.9 Å². The van der Waals surface area contributed by atoms with Gasteiger partial charge >= 0.3 is 0 Å². The van der Waals surface area contributed by atoms with Crippen molar-refractivity contribution >= 4 is 49.3 Å². The summed E-state index contributed by atoms with van der Waals surface area (Å²) in [6, 6.07) is 20.5. The first-order chi connectivity index (χ1) is 20.0. The van der Waals surface area contributed by atoms with E-state index >= 15 is 0 Å². The molecule has 6 aromatic rings. The van der Waals surface area contributed by atoms with Crippen LogP contribution in [-0.4, -0.2) is 44.6 Å². The molecule has 6 rings (SSSR count). The molecule has 11 heteroatoms. The van der Waals surface area contributed by atoms with Crippen molar-refractivity contribution in [1.82, 2.24) is 15.3 Å². The highest BCUT2D eigenvalue weighted by Gasteiger charge is 2.27. The number of carbonyl (C=O) groups is 1. The topological polar surface area (TPSA) is 134 Å². The van der Waals surface area contributed by atoms with Crippen LogP contribution < -0.4 is 15.4 Å². The summed E-state index contributed by atoms with van der Waals surface area (Å²) in [5.41, 5.74) is 11.0.